The summed E-state index contributed by atoms with van der Waals surface area (Å²) in [5, 5.41) is 13.6. The fourth-order valence-corrected chi connectivity index (χ4v) is 4.49. The van der Waals surface area contributed by atoms with Crippen LogP contribution in [0.15, 0.2) is 54.7 Å². The molecule has 1 aliphatic rings. The summed E-state index contributed by atoms with van der Waals surface area (Å²) in [6.07, 6.45) is 1.77. The molecule has 28 heavy (non-hydrogen) atoms. The van der Waals surface area contributed by atoms with E-state index in [-0.39, 0.29) is 5.91 Å². The number of thioether (sulfide) groups is 1. The number of nitrogens with zero attached hydrogens (tertiary/aromatic N) is 1. The molecule has 1 fully saturated rings. The number of carbonyl (C=O) groups excluding carboxylic acids is 1. The molecule has 1 aliphatic heterocycles. The lowest BCUT2D eigenvalue weighted by Gasteiger charge is -2.31. The SMILES string of the molecule is O=C(Nc1ccc2[nH]cc([C@H](C(=O)O)N3CCSCC3)c2c1)c1ccccc1. The molecule has 0 saturated carbocycles. The molecule has 1 saturated heterocycles. The molecule has 0 unspecified atom stereocenters. The van der Waals surface area contributed by atoms with Gasteiger partial charge in [0.15, 0.2) is 0 Å². The number of hydrogen-bond donors (Lipinski definition) is 3. The standard InChI is InChI=1S/C21H21N3O3S/c25-20(14-4-2-1-3-5-14)23-15-6-7-18-16(12-15)17(13-22-18)19(21(26)27)24-8-10-28-11-9-24/h1-7,12-13,19,22H,8-11H2,(H,23,25)(H,26,27)/t19-/m1/s1. The van der Waals surface area contributed by atoms with Crippen LogP contribution in [0.2, 0.25) is 0 Å². The van der Waals surface area contributed by atoms with Gasteiger partial charge in [-0.15, -0.1) is 0 Å². The van der Waals surface area contributed by atoms with Crippen LogP contribution >= 0.6 is 11.8 Å². The lowest BCUT2D eigenvalue weighted by molar-refractivity contribution is -0.143. The first-order valence-electron chi connectivity index (χ1n) is 9.15. The topological polar surface area (TPSA) is 85.4 Å². The number of rotatable bonds is 5. The molecular weight excluding hydrogens is 374 g/mol. The van der Waals surface area contributed by atoms with Crippen molar-refractivity contribution in [2.24, 2.45) is 0 Å². The maximum Gasteiger partial charge on any atom is 0.325 e. The van der Waals surface area contributed by atoms with Crippen LogP contribution in [-0.2, 0) is 4.79 Å². The molecule has 2 heterocycles. The third-order valence-electron chi connectivity index (χ3n) is 4.95. The molecule has 4 rings (SSSR count). The molecule has 0 radical (unpaired) electrons. The first-order valence-corrected chi connectivity index (χ1v) is 10.3. The molecule has 7 heteroatoms. The van der Waals surface area contributed by atoms with Gasteiger partial charge in [-0.05, 0) is 30.3 Å². The highest BCUT2D eigenvalue weighted by atomic mass is 32.2. The number of carboxylic acid groups (broad SMARTS) is 1. The third-order valence-corrected chi connectivity index (χ3v) is 5.89. The normalized spacial score (nSPS) is 16.0. The Hall–Kier alpha value is -2.77. The van der Waals surface area contributed by atoms with Crippen molar-refractivity contribution in [1.82, 2.24) is 9.88 Å². The van der Waals surface area contributed by atoms with E-state index in [0.717, 1.165) is 41.1 Å². The highest BCUT2D eigenvalue weighted by molar-refractivity contribution is 7.99. The van der Waals surface area contributed by atoms with Gasteiger partial charge in [-0.1, -0.05) is 18.2 Å². The van der Waals surface area contributed by atoms with Gasteiger partial charge in [0.2, 0.25) is 0 Å². The number of aromatic nitrogens is 1. The van der Waals surface area contributed by atoms with Gasteiger partial charge in [0, 0.05) is 58.5 Å². The maximum atomic E-state index is 12.4. The van der Waals surface area contributed by atoms with E-state index < -0.39 is 12.0 Å². The van der Waals surface area contributed by atoms with Crippen molar-refractivity contribution in [2.75, 3.05) is 29.9 Å². The van der Waals surface area contributed by atoms with E-state index in [1.165, 1.54) is 0 Å². The highest BCUT2D eigenvalue weighted by Gasteiger charge is 2.30. The highest BCUT2D eigenvalue weighted by Crippen LogP contribution is 2.32. The minimum atomic E-state index is -0.855. The Morgan fingerprint density at radius 3 is 2.57 bits per heavy atom. The van der Waals surface area contributed by atoms with Crippen molar-refractivity contribution in [3.63, 3.8) is 0 Å². The number of aliphatic carboxylic acids is 1. The van der Waals surface area contributed by atoms with Crippen molar-refractivity contribution >= 4 is 40.2 Å². The minimum absolute atomic E-state index is 0.195. The van der Waals surface area contributed by atoms with Gasteiger partial charge in [-0.25, -0.2) is 0 Å². The number of benzene rings is 2. The zero-order chi connectivity index (χ0) is 19.5. The Bertz CT molecular complexity index is 997. The fraction of sp³-hybridized carbons (Fsp3) is 0.238. The van der Waals surface area contributed by atoms with Crippen LogP contribution < -0.4 is 5.32 Å². The zero-order valence-electron chi connectivity index (χ0n) is 15.2. The summed E-state index contributed by atoms with van der Waals surface area (Å²) in [4.78, 5) is 29.7. The molecule has 0 bridgehead atoms. The van der Waals surface area contributed by atoms with Crippen molar-refractivity contribution in [3.8, 4) is 0 Å². The van der Waals surface area contributed by atoms with Crippen LogP contribution in [0, 0.1) is 0 Å². The smallest absolute Gasteiger partial charge is 0.325 e. The van der Waals surface area contributed by atoms with Crippen LogP contribution in [0.4, 0.5) is 5.69 Å². The van der Waals surface area contributed by atoms with Gasteiger partial charge >= 0.3 is 5.97 Å². The Balaban J connectivity index is 1.65. The fourth-order valence-electron chi connectivity index (χ4n) is 3.56. The molecule has 2 aromatic carbocycles. The Kier molecular flexibility index (Phi) is 5.36. The predicted molar refractivity (Wildman–Crippen MR) is 112 cm³/mol. The number of aromatic amines is 1. The summed E-state index contributed by atoms with van der Waals surface area (Å²) in [6.45, 7) is 1.50. The lowest BCUT2D eigenvalue weighted by Crippen LogP contribution is -2.39. The van der Waals surface area contributed by atoms with E-state index in [1.54, 1.807) is 18.3 Å². The molecule has 1 aromatic heterocycles. The molecule has 1 atom stereocenters. The number of anilines is 1. The number of carbonyl (C=O) groups is 2. The van der Waals surface area contributed by atoms with E-state index >= 15 is 0 Å². The molecule has 0 spiro atoms. The van der Waals surface area contributed by atoms with Gasteiger partial charge in [-0.2, -0.15) is 11.8 Å². The summed E-state index contributed by atoms with van der Waals surface area (Å²) in [5.41, 5.74) is 2.79. The summed E-state index contributed by atoms with van der Waals surface area (Å²) in [5.74, 6) is 0.820. The molecule has 0 aliphatic carbocycles. The van der Waals surface area contributed by atoms with Gasteiger partial charge in [0.05, 0.1) is 0 Å². The van der Waals surface area contributed by atoms with Gasteiger partial charge < -0.3 is 15.4 Å². The van der Waals surface area contributed by atoms with E-state index in [0.29, 0.717) is 11.3 Å². The maximum absolute atomic E-state index is 12.4. The number of fused-ring (bicyclic) bond motifs is 1. The largest absolute Gasteiger partial charge is 0.480 e. The van der Waals surface area contributed by atoms with Crippen LogP contribution in [0.3, 0.4) is 0 Å². The minimum Gasteiger partial charge on any atom is -0.480 e. The molecule has 3 aromatic rings. The van der Waals surface area contributed by atoms with E-state index in [2.05, 4.69) is 10.3 Å². The number of amides is 1. The average molecular weight is 395 g/mol. The van der Waals surface area contributed by atoms with Gasteiger partial charge in [0.25, 0.3) is 5.91 Å². The van der Waals surface area contributed by atoms with E-state index in [4.69, 9.17) is 0 Å². The average Bonchev–Trinajstić information content (AvgIpc) is 3.12. The Morgan fingerprint density at radius 2 is 1.86 bits per heavy atom. The molecular formula is C21H21N3O3S. The van der Waals surface area contributed by atoms with Crippen LogP contribution in [-0.4, -0.2) is 51.5 Å². The van der Waals surface area contributed by atoms with Crippen LogP contribution in [0.25, 0.3) is 10.9 Å². The summed E-state index contributed by atoms with van der Waals surface area (Å²) in [6, 6.07) is 13.8. The molecule has 3 N–H and O–H groups in total. The summed E-state index contributed by atoms with van der Waals surface area (Å²) in [7, 11) is 0. The van der Waals surface area contributed by atoms with Crippen molar-refractivity contribution in [3.05, 3.63) is 65.9 Å². The second-order valence-corrected chi connectivity index (χ2v) is 7.94. The van der Waals surface area contributed by atoms with E-state index in [1.807, 2.05) is 53.1 Å². The third kappa shape index (κ3) is 3.76. The Morgan fingerprint density at radius 1 is 1.11 bits per heavy atom. The van der Waals surface area contributed by atoms with Gasteiger partial charge in [0.1, 0.15) is 6.04 Å². The second-order valence-electron chi connectivity index (χ2n) is 6.71. The summed E-state index contributed by atoms with van der Waals surface area (Å²) >= 11 is 1.85. The number of hydrogen-bond acceptors (Lipinski definition) is 4. The first-order chi connectivity index (χ1) is 13.6. The van der Waals surface area contributed by atoms with Crippen molar-refractivity contribution < 1.29 is 14.7 Å². The second kappa shape index (κ2) is 8.08. The zero-order valence-corrected chi connectivity index (χ0v) is 16.0. The van der Waals surface area contributed by atoms with Crippen LogP contribution in [0.5, 0.6) is 0 Å². The molecule has 6 nitrogen and oxygen atoms in total. The quantitative estimate of drug-likeness (QED) is 0.615. The van der Waals surface area contributed by atoms with E-state index in [9.17, 15) is 14.7 Å². The van der Waals surface area contributed by atoms with Gasteiger partial charge in [-0.3, -0.25) is 14.5 Å². The molecule has 144 valence electrons. The van der Waals surface area contributed by atoms with Crippen molar-refractivity contribution in [2.45, 2.75) is 6.04 Å². The first kappa shape index (κ1) is 18.6. The monoisotopic (exact) mass is 395 g/mol. The predicted octanol–water partition coefficient (Wildman–Crippen LogP) is 3.59. The number of nitrogens with one attached hydrogen (secondary N) is 2. The molecule has 1 amide bonds. The van der Waals surface area contributed by atoms with Crippen LogP contribution in [0.1, 0.15) is 22.0 Å². The number of H-pyrrole nitrogens is 1. The number of carboxylic acids is 1. The summed E-state index contributed by atoms with van der Waals surface area (Å²) < 4.78 is 0. The van der Waals surface area contributed by atoms with Crippen molar-refractivity contribution in [1.29, 1.82) is 0 Å². The Labute approximate surface area is 166 Å². The lowest BCUT2D eigenvalue weighted by atomic mass is 10.0.